The molecule has 2 heterocycles. The Morgan fingerprint density at radius 1 is 0.500 bits per heavy atom. The Hall–Kier alpha value is -5.84. The van der Waals surface area contributed by atoms with E-state index in [1.807, 2.05) is 60.7 Å². The molecule has 0 atom stereocenters. The highest BCUT2D eigenvalue weighted by atomic mass is 35.5. The maximum absolute atomic E-state index is 8.70. The topological polar surface area (TPSA) is 51.8 Å². The zero-order valence-electron chi connectivity index (χ0n) is 29.1. The van der Waals surface area contributed by atoms with Gasteiger partial charge < -0.3 is 4.42 Å². The Bertz CT molecular complexity index is 2870. The molecule has 46 heavy (non-hydrogen) atoms. The molecule has 9 aromatic rings. The smallest absolute Gasteiger partial charge is 0.226 e. The third-order valence-corrected chi connectivity index (χ3v) is 8.53. The molecule has 9 rings (SSSR count). The molecule has 0 aliphatic rings. The lowest BCUT2D eigenvalue weighted by Gasteiger charge is -2.14. The molecular formula is C41H24ClN3O. The van der Waals surface area contributed by atoms with Crippen LogP contribution in [0.2, 0.25) is 5.28 Å². The minimum atomic E-state index is -0.462. The molecule has 2 aromatic heterocycles. The van der Waals surface area contributed by atoms with Gasteiger partial charge in [0, 0.05) is 16.3 Å². The highest BCUT2D eigenvalue weighted by Gasteiger charge is 2.20. The van der Waals surface area contributed by atoms with Crippen LogP contribution in [0.25, 0.3) is 88.5 Å². The second kappa shape index (κ2) is 10.7. The lowest BCUT2D eigenvalue weighted by Crippen LogP contribution is -1.99. The number of hydrogen-bond acceptors (Lipinski definition) is 4. The van der Waals surface area contributed by atoms with Gasteiger partial charge in [0.1, 0.15) is 11.2 Å². The number of halogens is 1. The van der Waals surface area contributed by atoms with Gasteiger partial charge in [0.05, 0.1) is 12.4 Å². The lowest BCUT2D eigenvalue weighted by molar-refractivity contribution is 0.669. The second-order valence-corrected chi connectivity index (χ2v) is 11.3. The normalized spacial score (nSPS) is 13.1. The van der Waals surface area contributed by atoms with Crippen molar-refractivity contribution in [3.8, 4) is 45.0 Å². The lowest BCUT2D eigenvalue weighted by atomic mass is 9.92. The summed E-state index contributed by atoms with van der Waals surface area (Å²) in [5.74, 6) is 0.564. The molecule has 0 bridgehead atoms. The molecular weight excluding hydrogens is 586 g/mol. The monoisotopic (exact) mass is 614 g/mol. The fourth-order valence-electron chi connectivity index (χ4n) is 6.31. The molecule has 0 amide bonds. The summed E-state index contributed by atoms with van der Waals surface area (Å²) in [7, 11) is 0. The van der Waals surface area contributed by atoms with E-state index in [4.69, 9.17) is 27.9 Å². The Morgan fingerprint density at radius 2 is 1.13 bits per heavy atom. The number of aromatic nitrogens is 3. The molecule has 7 aromatic carbocycles. The quantitative estimate of drug-likeness (QED) is 0.198. The fourth-order valence-corrected chi connectivity index (χ4v) is 6.47. The minimum Gasteiger partial charge on any atom is -0.455 e. The summed E-state index contributed by atoms with van der Waals surface area (Å²) in [4.78, 5) is 14.1. The Kier molecular flexibility index (Phi) is 5.05. The van der Waals surface area contributed by atoms with Crippen LogP contribution in [0.4, 0.5) is 0 Å². The summed E-state index contributed by atoms with van der Waals surface area (Å²) < 4.78 is 48.5. The summed E-state index contributed by atoms with van der Waals surface area (Å²) in [5.41, 5.74) is 4.91. The van der Waals surface area contributed by atoms with Gasteiger partial charge in [0.25, 0.3) is 0 Å². The summed E-state index contributed by atoms with van der Waals surface area (Å²) in [6.07, 6.45) is 0. The zero-order chi connectivity index (χ0) is 35.0. The first-order valence-corrected chi connectivity index (χ1v) is 15.1. The van der Waals surface area contributed by atoms with E-state index < -0.39 is 18.1 Å². The summed E-state index contributed by atoms with van der Waals surface area (Å²) in [6, 6.07) is 35.8. The van der Waals surface area contributed by atoms with Crippen molar-refractivity contribution >= 4 is 55.1 Å². The molecule has 0 saturated carbocycles. The van der Waals surface area contributed by atoms with Crippen LogP contribution in [0.1, 0.15) is 6.85 Å². The molecule has 216 valence electrons. The number of furan rings is 1. The van der Waals surface area contributed by atoms with Gasteiger partial charge >= 0.3 is 0 Å². The maximum Gasteiger partial charge on any atom is 0.226 e. The van der Waals surface area contributed by atoms with Crippen molar-refractivity contribution in [2.24, 2.45) is 0 Å². The standard InChI is InChI=1S/C41H24ClN3O/c42-41-44-39(34-22-21-32(30-16-6-7-17-31(30)34)29-19-10-14-26-13-4-5-15-28(26)29)43-40(45-41)36-24-27(25-11-2-1-3-12-25)23-35-33-18-8-9-20-37(33)46-38(35)36/h1-24H/i1D,2D,3D,11D,12D. The molecule has 0 N–H and O–H groups in total. The molecule has 0 spiro atoms. The van der Waals surface area contributed by atoms with E-state index in [0.29, 0.717) is 33.5 Å². The third kappa shape index (κ3) is 4.34. The first-order valence-electron chi connectivity index (χ1n) is 17.2. The van der Waals surface area contributed by atoms with E-state index >= 15 is 0 Å². The van der Waals surface area contributed by atoms with E-state index in [1.54, 1.807) is 12.1 Å². The van der Waals surface area contributed by atoms with Gasteiger partial charge in [0.15, 0.2) is 11.6 Å². The van der Waals surface area contributed by atoms with Crippen molar-refractivity contribution in [3.63, 3.8) is 0 Å². The number of benzene rings is 7. The van der Waals surface area contributed by atoms with E-state index in [9.17, 15) is 0 Å². The molecule has 4 nitrogen and oxygen atoms in total. The molecule has 0 radical (unpaired) electrons. The second-order valence-electron chi connectivity index (χ2n) is 11.0. The molecule has 0 aliphatic carbocycles. The van der Waals surface area contributed by atoms with Crippen LogP contribution >= 0.6 is 11.6 Å². The van der Waals surface area contributed by atoms with Crippen molar-refractivity contribution < 1.29 is 11.3 Å². The number of nitrogens with zero attached hydrogens (tertiary/aromatic N) is 3. The van der Waals surface area contributed by atoms with Gasteiger partial charge in [-0.25, -0.2) is 4.98 Å². The van der Waals surface area contributed by atoms with Crippen molar-refractivity contribution in [2.45, 2.75) is 0 Å². The van der Waals surface area contributed by atoms with Gasteiger partial charge in [-0.05, 0) is 79.7 Å². The predicted octanol–water partition coefficient (Wildman–Crippen LogP) is 11.4. The zero-order valence-corrected chi connectivity index (χ0v) is 24.9. The van der Waals surface area contributed by atoms with Crippen LogP contribution in [0.15, 0.2) is 150 Å². The summed E-state index contributed by atoms with van der Waals surface area (Å²) >= 11 is 6.67. The summed E-state index contributed by atoms with van der Waals surface area (Å²) in [5, 5.41) is 5.68. The average molecular weight is 615 g/mol. The largest absolute Gasteiger partial charge is 0.455 e. The highest BCUT2D eigenvalue weighted by molar-refractivity contribution is 6.28. The van der Waals surface area contributed by atoms with Crippen LogP contribution in [0.3, 0.4) is 0 Å². The van der Waals surface area contributed by atoms with Crippen molar-refractivity contribution in [2.75, 3.05) is 0 Å². The Labute approximate surface area is 276 Å². The summed E-state index contributed by atoms with van der Waals surface area (Å²) in [6.45, 7) is 0. The van der Waals surface area contributed by atoms with Crippen molar-refractivity contribution in [1.82, 2.24) is 15.0 Å². The minimum absolute atomic E-state index is 0.0327. The van der Waals surface area contributed by atoms with Crippen LogP contribution in [-0.2, 0) is 0 Å². The first-order chi connectivity index (χ1) is 24.8. The van der Waals surface area contributed by atoms with Crippen molar-refractivity contribution in [3.05, 3.63) is 151 Å². The average Bonchev–Trinajstić information content (AvgIpc) is 3.54. The van der Waals surface area contributed by atoms with Gasteiger partial charge in [-0.2, -0.15) is 9.97 Å². The van der Waals surface area contributed by atoms with Gasteiger partial charge in [0.2, 0.25) is 5.28 Å². The number of hydrogen-bond donors (Lipinski definition) is 0. The molecule has 0 saturated heterocycles. The van der Waals surface area contributed by atoms with Gasteiger partial charge in [-0.3, -0.25) is 0 Å². The predicted molar refractivity (Wildman–Crippen MR) is 189 cm³/mol. The van der Waals surface area contributed by atoms with E-state index in [0.717, 1.165) is 43.6 Å². The van der Waals surface area contributed by atoms with Crippen LogP contribution in [-0.4, -0.2) is 15.0 Å². The number of fused-ring (bicyclic) bond motifs is 5. The van der Waals surface area contributed by atoms with Gasteiger partial charge in [-0.15, -0.1) is 0 Å². The Morgan fingerprint density at radius 3 is 1.96 bits per heavy atom. The highest BCUT2D eigenvalue weighted by Crippen LogP contribution is 2.41. The number of rotatable bonds is 4. The van der Waals surface area contributed by atoms with Crippen LogP contribution in [0, 0.1) is 0 Å². The number of para-hydroxylation sites is 1. The molecule has 0 unspecified atom stereocenters. The SMILES string of the molecule is [2H]c1c([2H])c([2H])c(-c2cc(-c3nc(Cl)nc(-c4ccc(-c5cccc6ccccc56)c5ccccc45)n3)c3oc4ccccc4c3c2)c([2H])c1[2H]. The van der Waals surface area contributed by atoms with Crippen LogP contribution in [0.5, 0.6) is 0 Å². The third-order valence-electron chi connectivity index (χ3n) is 8.36. The molecule has 0 fully saturated rings. The van der Waals surface area contributed by atoms with E-state index in [1.165, 1.54) is 0 Å². The van der Waals surface area contributed by atoms with Crippen molar-refractivity contribution in [1.29, 1.82) is 0 Å². The van der Waals surface area contributed by atoms with Crippen LogP contribution < -0.4 is 0 Å². The Balaban J connectivity index is 1.29. The fraction of sp³-hybridized carbons (Fsp3) is 0. The van der Waals surface area contributed by atoms with E-state index in [-0.39, 0.29) is 28.8 Å². The maximum atomic E-state index is 8.70. The molecule has 0 aliphatic heterocycles. The van der Waals surface area contributed by atoms with Gasteiger partial charge in [-0.1, -0.05) is 121 Å². The first kappa shape index (κ1) is 21.8. The van der Waals surface area contributed by atoms with E-state index in [2.05, 4.69) is 52.4 Å². The molecule has 5 heteroatoms.